The summed E-state index contributed by atoms with van der Waals surface area (Å²) < 4.78 is 54.6. The van der Waals surface area contributed by atoms with E-state index in [0.29, 0.717) is 23.2 Å². The number of hydrogen-bond donors (Lipinski definition) is 1. The number of thiazole rings is 1. The molecule has 1 aliphatic rings. The molecule has 4 rings (SSSR count). The minimum absolute atomic E-state index is 0.0502. The molecule has 0 saturated carbocycles. The summed E-state index contributed by atoms with van der Waals surface area (Å²) in [7, 11) is -3.86. The predicted octanol–water partition coefficient (Wildman–Crippen LogP) is 4.08. The van der Waals surface area contributed by atoms with Crippen LogP contribution in [0.25, 0.3) is 10.2 Å². The van der Waals surface area contributed by atoms with Crippen LogP contribution >= 0.6 is 34.3 Å². The van der Waals surface area contributed by atoms with Crippen LogP contribution in [0.15, 0.2) is 28.5 Å². The summed E-state index contributed by atoms with van der Waals surface area (Å²) in [6.07, 6.45) is 0.869. The van der Waals surface area contributed by atoms with Crippen molar-refractivity contribution in [1.82, 2.24) is 9.29 Å². The van der Waals surface area contributed by atoms with Crippen LogP contribution in [0.5, 0.6) is 0 Å². The first kappa shape index (κ1) is 19.6. The summed E-state index contributed by atoms with van der Waals surface area (Å²) in [4.78, 5) is 16.7. The number of hydrogen-bond acceptors (Lipinski definition) is 6. The number of thiophene rings is 1. The average molecular weight is 464 g/mol. The molecule has 0 radical (unpaired) electrons. The van der Waals surface area contributed by atoms with Crippen LogP contribution in [0, 0.1) is 11.6 Å². The third kappa shape index (κ3) is 3.52. The van der Waals surface area contributed by atoms with Gasteiger partial charge in [0.05, 0.1) is 9.04 Å². The number of anilines is 1. The minimum Gasteiger partial charge on any atom is -0.301 e. The molecule has 1 fully saturated rings. The first-order chi connectivity index (χ1) is 13.3. The number of carbonyl (C=O) groups is 1. The maximum absolute atomic E-state index is 13.8. The lowest BCUT2D eigenvalue weighted by atomic mass is 10.2. The van der Waals surface area contributed by atoms with Crippen LogP contribution in [0.4, 0.5) is 13.9 Å². The van der Waals surface area contributed by atoms with Crippen molar-refractivity contribution in [3.63, 3.8) is 0 Å². The zero-order valence-electron chi connectivity index (χ0n) is 14.0. The number of amides is 1. The van der Waals surface area contributed by atoms with E-state index in [-0.39, 0.29) is 26.1 Å². The van der Waals surface area contributed by atoms with Gasteiger partial charge in [-0.05, 0) is 31.0 Å². The van der Waals surface area contributed by atoms with Gasteiger partial charge in [0.15, 0.2) is 10.9 Å². The summed E-state index contributed by atoms with van der Waals surface area (Å²) in [5.74, 6) is -2.13. The van der Waals surface area contributed by atoms with Gasteiger partial charge in [-0.25, -0.2) is 22.2 Å². The number of fused-ring (bicyclic) bond motifs is 1. The van der Waals surface area contributed by atoms with Crippen molar-refractivity contribution in [2.24, 2.45) is 0 Å². The molecule has 1 aromatic carbocycles. The Labute approximate surface area is 171 Å². The number of nitrogens with one attached hydrogen (secondary N) is 1. The molecule has 0 spiro atoms. The molecule has 148 valence electrons. The molecule has 1 N–H and O–H groups in total. The van der Waals surface area contributed by atoms with Crippen molar-refractivity contribution in [3.8, 4) is 0 Å². The first-order valence-electron chi connectivity index (χ1n) is 8.09. The Hall–Kier alpha value is -1.66. The van der Waals surface area contributed by atoms with E-state index >= 15 is 0 Å². The fraction of sp³-hybridized carbons (Fsp3) is 0.250. The quantitative estimate of drug-likeness (QED) is 0.632. The summed E-state index contributed by atoms with van der Waals surface area (Å²) in [6, 6.07) is 3.81. The maximum atomic E-state index is 13.8. The lowest BCUT2D eigenvalue weighted by molar-refractivity contribution is -0.119. The summed E-state index contributed by atoms with van der Waals surface area (Å²) in [5, 5.41) is 2.61. The van der Waals surface area contributed by atoms with Gasteiger partial charge in [0.2, 0.25) is 5.91 Å². The Balaban J connectivity index is 1.58. The first-order valence-corrected chi connectivity index (χ1v) is 11.5. The van der Waals surface area contributed by atoms with Crippen molar-refractivity contribution < 1.29 is 22.0 Å². The molecule has 2 aromatic heterocycles. The van der Waals surface area contributed by atoms with Crippen molar-refractivity contribution in [2.75, 3.05) is 11.9 Å². The number of halogens is 3. The number of sulfonamides is 1. The highest BCUT2D eigenvalue weighted by Gasteiger charge is 2.40. The van der Waals surface area contributed by atoms with Gasteiger partial charge in [-0.2, -0.15) is 4.31 Å². The van der Waals surface area contributed by atoms with Crippen molar-refractivity contribution in [3.05, 3.63) is 40.2 Å². The fourth-order valence-corrected chi connectivity index (χ4v) is 7.22. The molecule has 1 aliphatic heterocycles. The normalized spacial score (nSPS) is 18.0. The molecule has 0 bridgehead atoms. The van der Waals surface area contributed by atoms with E-state index in [1.54, 1.807) is 0 Å². The Kier molecular flexibility index (Phi) is 5.12. The Morgan fingerprint density at radius 1 is 1.29 bits per heavy atom. The third-order valence-electron chi connectivity index (χ3n) is 4.26. The fourth-order valence-electron chi connectivity index (χ4n) is 3.04. The van der Waals surface area contributed by atoms with Crippen LogP contribution in [-0.4, -0.2) is 36.2 Å². The molecule has 0 aliphatic carbocycles. The second-order valence-electron chi connectivity index (χ2n) is 6.07. The van der Waals surface area contributed by atoms with Gasteiger partial charge in [0.1, 0.15) is 21.6 Å². The van der Waals surface area contributed by atoms with Crippen LogP contribution in [0.3, 0.4) is 0 Å². The molecule has 3 aromatic rings. The smallest absolute Gasteiger partial charge is 0.253 e. The van der Waals surface area contributed by atoms with Crippen LogP contribution in [0.1, 0.15) is 12.8 Å². The Morgan fingerprint density at radius 2 is 2.07 bits per heavy atom. The van der Waals surface area contributed by atoms with Gasteiger partial charge in [0.25, 0.3) is 10.0 Å². The van der Waals surface area contributed by atoms with Gasteiger partial charge < -0.3 is 5.32 Å². The van der Waals surface area contributed by atoms with Crippen molar-refractivity contribution in [2.45, 2.75) is 23.1 Å². The Bertz CT molecular complexity index is 1180. The molecule has 1 atom stereocenters. The van der Waals surface area contributed by atoms with E-state index in [1.807, 2.05) is 0 Å². The molecule has 6 nitrogen and oxygen atoms in total. The van der Waals surface area contributed by atoms with Gasteiger partial charge in [0, 0.05) is 12.6 Å². The maximum Gasteiger partial charge on any atom is 0.253 e. The number of nitrogens with zero attached hydrogens (tertiary/aromatic N) is 2. The molecular weight excluding hydrogens is 452 g/mol. The van der Waals surface area contributed by atoms with Crippen LogP contribution in [0.2, 0.25) is 4.34 Å². The number of aromatic nitrogens is 1. The monoisotopic (exact) mass is 463 g/mol. The average Bonchev–Trinajstić information content (AvgIpc) is 3.33. The van der Waals surface area contributed by atoms with E-state index in [2.05, 4.69) is 10.3 Å². The minimum atomic E-state index is -3.86. The van der Waals surface area contributed by atoms with Crippen molar-refractivity contribution >= 4 is 65.6 Å². The second kappa shape index (κ2) is 7.30. The van der Waals surface area contributed by atoms with E-state index < -0.39 is 33.6 Å². The molecular formula is C16H12ClF2N3O3S3. The topological polar surface area (TPSA) is 79.4 Å². The number of benzene rings is 1. The van der Waals surface area contributed by atoms with Crippen LogP contribution in [-0.2, 0) is 14.8 Å². The van der Waals surface area contributed by atoms with E-state index in [1.165, 1.54) is 12.1 Å². The van der Waals surface area contributed by atoms with E-state index in [9.17, 15) is 22.0 Å². The van der Waals surface area contributed by atoms with E-state index in [4.69, 9.17) is 11.6 Å². The van der Waals surface area contributed by atoms with Gasteiger partial charge in [-0.15, -0.1) is 11.3 Å². The van der Waals surface area contributed by atoms with Crippen LogP contribution < -0.4 is 5.32 Å². The summed E-state index contributed by atoms with van der Waals surface area (Å²) in [5.41, 5.74) is -0.0502. The zero-order chi connectivity index (χ0) is 20.1. The highest BCUT2D eigenvalue weighted by molar-refractivity contribution is 7.91. The van der Waals surface area contributed by atoms with E-state index in [0.717, 1.165) is 33.0 Å². The lowest BCUT2D eigenvalue weighted by Gasteiger charge is -2.22. The van der Waals surface area contributed by atoms with Gasteiger partial charge >= 0.3 is 0 Å². The standard InChI is InChI=1S/C16H12ClF2N3O3S3/c17-12-3-4-13(27-12)28(24,25)22-5-1-2-10(22)15(23)21-16-20-14-9(19)6-8(18)7-11(14)26-16/h3-4,6-7,10H,1-2,5H2,(H,20,21,23). The predicted molar refractivity (Wildman–Crippen MR) is 104 cm³/mol. The summed E-state index contributed by atoms with van der Waals surface area (Å²) in [6.45, 7) is 0.204. The molecule has 1 saturated heterocycles. The van der Waals surface area contributed by atoms with Gasteiger partial charge in [-0.1, -0.05) is 22.9 Å². The lowest BCUT2D eigenvalue weighted by Crippen LogP contribution is -2.42. The van der Waals surface area contributed by atoms with Gasteiger partial charge in [-0.3, -0.25) is 4.79 Å². The molecule has 28 heavy (non-hydrogen) atoms. The SMILES string of the molecule is O=C(Nc1nc2c(F)cc(F)cc2s1)C1CCCN1S(=O)(=O)c1ccc(Cl)s1. The largest absolute Gasteiger partial charge is 0.301 e. The number of carbonyl (C=O) groups excluding carboxylic acids is 1. The molecule has 1 unspecified atom stereocenters. The highest BCUT2D eigenvalue weighted by Crippen LogP contribution is 2.33. The summed E-state index contributed by atoms with van der Waals surface area (Å²) >= 11 is 7.67. The number of rotatable bonds is 4. The third-order valence-corrected chi connectivity index (χ3v) is 8.79. The van der Waals surface area contributed by atoms with Crippen molar-refractivity contribution in [1.29, 1.82) is 0 Å². The zero-order valence-corrected chi connectivity index (χ0v) is 17.2. The molecule has 1 amide bonds. The second-order valence-corrected chi connectivity index (χ2v) is 10.9. The Morgan fingerprint density at radius 3 is 2.79 bits per heavy atom. The molecule has 3 heterocycles. The molecule has 12 heteroatoms. The highest BCUT2D eigenvalue weighted by atomic mass is 35.5.